The highest BCUT2D eigenvalue weighted by atomic mass is 32.2. The summed E-state index contributed by atoms with van der Waals surface area (Å²) in [6, 6.07) is 8.12. The van der Waals surface area contributed by atoms with E-state index in [0.717, 1.165) is 5.56 Å². The molecular formula is C26H30F3N3O4S. The SMILES string of the molecule is CCS(=O)(=O)c1ccc(CNC(=O)c2cn(C)c3c(OCC4CCC(C(F)(F)F)CC4)nccc23)cc1. The molecule has 1 saturated carbocycles. The van der Waals surface area contributed by atoms with E-state index in [9.17, 15) is 26.4 Å². The minimum atomic E-state index is -4.14. The number of benzene rings is 1. The summed E-state index contributed by atoms with van der Waals surface area (Å²) in [7, 11) is -1.52. The normalized spacial score (nSPS) is 18.6. The van der Waals surface area contributed by atoms with Crippen molar-refractivity contribution in [1.82, 2.24) is 14.9 Å². The number of sulfone groups is 1. The second kappa shape index (κ2) is 10.7. The van der Waals surface area contributed by atoms with E-state index in [2.05, 4.69) is 10.3 Å². The standard InChI is InChI=1S/C26H30F3N3O4S/c1-3-37(34,35)20-10-6-17(7-11-20)14-31-24(33)22-15-32(2)23-21(22)12-13-30-25(23)36-16-18-4-8-19(9-5-18)26(27,28)29/h6-7,10-13,15,18-19H,3-5,8-9,14,16H2,1-2H3,(H,31,33). The van der Waals surface area contributed by atoms with Crippen LogP contribution in [0.25, 0.3) is 10.9 Å². The second-order valence-electron chi connectivity index (χ2n) is 9.47. The van der Waals surface area contributed by atoms with Crippen LogP contribution < -0.4 is 10.1 Å². The van der Waals surface area contributed by atoms with Crippen LogP contribution in [0.5, 0.6) is 5.88 Å². The number of nitrogens with zero attached hydrogens (tertiary/aromatic N) is 2. The van der Waals surface area contributed by atoms with Gasteiger partial charge in [-0.15, -0.1) is 0 Å². The molecule has 0 bridgehead atoms. The Hall–Kier alpha value is -3.08. The molecule has 4 rings (SSSR count). The molecule has 0 spiro atoms. The maximum absolute atomic E-state index is 13.0. The van der Waals surface area contributed by atoms with E-state index in [1.807, 2.05) is 0 Å². The van der Waals surface area contributed by atoms with Crippen molar-refractivity contribution in [2.75, 3.05) is 12.4 Å². The van der Waals surface area contributed by atoms with Gasteiger partial charge in [-0.3, -0.25) is 4.79 Å². The van der Waals surface area contributed by atoms with Gasteiger partial charge >= 0.3 is 6.18 Å². The Labute approximate surface area is 213 Å². The number of pyridine rings is 1. The molecule has 37 heavy (non-hydrogen) atoms. The number of fused-ring (bicyclic) bond motifs is 1. The minimum Gasteiger partial charge on any atom is -0.476 e. The smallest absolute Gasteiger partial charge is 0.391 e. The van der Waals surface area contributed by atoms with E-state index in [4.69, 9.17) is 4.74 Å². The van der Waals surface area contributed by atoms with Gasteiger partial charge < -0.3 is 14.6 Å². The Morgan fingerprint density at radius 3 is 2.43 bits per heavy atom. The quantitative estimate of drug-likeness (QED) is 0.435. The van der Waals surface area contributed by atoms with Crippen LogP contribution in [0.15, 0.2) is 47.6 Å². The van der Waals surface area contributed by atoms with Crippen molar-refractivity contribution >= 4 is 26.6 Å². The summed E-state index contributed by atoms with van der Waals surface area (Å²) >= 11 is 0. The molecule has 1 fully saturated rings. The first-order chi connectivity index (χ1) is 17.5. The first kappa shape index (κ1) is 27.0. The van der Waals surface area contributed by atoms with Crippen molar-refractivity contribution in [1.29, 1.82) is 0 Å². The van der Waals surface area contributed by atoms with Gasteiger partial charge in [0.1, 0.15) is 5.52 Å². The molecule has 0 atom stereocenters. The summed E-state index contributed by atoms with van der Waals surface area (Å²) in [5.74, 6) is -1.16. The largest absolute Gasteiger partial charge is 0.476 e. The number of halogens is 3. The highest BCUT2D eigenvalue weighted by Gasteiger charge is 2.41. The first-order valence-corrected chi connectivity index (χ1v) is 13.9. The minimum absolute atomic E-state index is 0.0178. The summed E-state index contributed by atoms with van der Waals surface area (Å²) in [4.78, 5) is 17.5. The van der Waals surface area contributed by atoms with Gasteiger partial charge in [0, 0.05) is 31.4 Å². The summed E-state index contributed by atoms with van der Waals surface area (Å²) in [5.41, 5.74) is 1.82. The van der Waals surface area contributed by atoms with Crippen molar-refractivity contribution in [3.05, 3.63) is 53.9 Å². The highest BCUT2D eigenvalue weighted by molar-refractivity contribution is 7.91. The highest BCUT2D eigenvalue weighted by Crippen LogP contribution is 2.39. The summed E-state index contributed by atoms with van der Waals surface area (Å²) < 4.78 is 70.4. The molecule has 1 amide bonds. The number of nitrogens with one attached hydrogen (secondary N) is 1. The van der Waals surface area contributed by atoms with E-state index < -0.39 is 21.9 Å². The van der Waals surface area contributed by atoms with Crippen LogP contribution >= 0.6 is 0 Å². The van der Waals surface area contributed by atoms with E-state index in [1.165, 1.54) is 12.1 Å². The number of hydrogen-bond donors (Lipinski definition) is 1. The number of hydrogen-bond acceptors (Lipinski definition) is 5. The fourth-order valence-corrected chi connectivity index (χ4v) is 5.60. The molecule has 0 unspecified atom stereocenters. The number of ether oxygens (including phenoxy) is 1. The summed E-state index contributed by atoms with van der Waals surface area (Å²) in [6.45, 7) is 2.08. The van der Waals surface area contributed by atoms with Crippen LogP contribution in [0.4, 0.5) is 13.2 Å². The average Bonchev–Trinajstić information content (AvgIpc) is 3.23. The Morgan fingerprint density at radius 2 is 1.81 bits per heavy atom. The van der Waals surface area contributed by atoms with Crippen molar-refractivity contribution in [3.8, 4) is 5.88 Å². The molecule has 1 aromatic carbocycles. The summed E-state index contributed by atoms with van der Waals surface area (Å²) in [5, 5.41) is 3.51. The van der Waals surface area contributed by atoms with Crippen LogP contribution in [-0.4, -0.2) is 42.4 Å². The van der Waals surface area contributed by atoms with E-state index in [1.54, 1.807) is 49.1 Å². The molecule has 7 nitrogen and oxygen atoms in total. The molecule has 1 aliphatic carbocycles. The lowest BCUT2D eigenvalue weighted by molar-refractivity contribution is -0.184. The van der Waals surface area contributed by atoms with Crippen LogP contribution in [0.3, 0.4) is 0 Å². The second-order valence-corrected chi connectivity index (χ2v) is 11.7. The van der Waals surface area contributed by atoms with Gasteiger partial charge in [-0.25, -0.2) is 13.4 Å². The van der Waals surface area contributed by atoms with Crippen molar-refractivity contribution in [2.45, 2.75) is 50.2 Å². The molecule has 3 aromatic rings. The zero-order valence-corrected chi connectivity index (χ0v) is 21.5. The first-order valence-electron chi connectivity index (χ1n) is 12.2. The fraction of sp³-hybridized carbons (Fsp3) is 0.462. The van der Waals surface area contributed by atoms with Gasteiger partial charge in [0.25, 0.3) is 5.91 Å². The fourth-order valence-electron chi connectivity index (χ4n) is 4.72. The third-order valence-electron chi connectivity index (χ3n) is 6.98. The van der Waals surface area contributed by atoms with Gasteiger partial charge in [-0.2, -0.15) is 13.2 Å². The van der Waals surface area contributed by atoms with Crippen molar-refractivity contribution in [3.63, 3.8) is 0 Å². The van der Waals surface area contributed by atoms with Gasteiger partial charge in [0.05, 0.1) is 28.7 Å². The number of aromatic nitrogens is 2. The third-order valence-corrected chi connectivity index (χ3v) is 8.73. The maximum Gasteiger partial charge on any atom is 0.391 e. The topological polar surface area (TPSA) is 90.3 Å². The monoisotopic (exact) mass is 537 g/mol. The van der Waals surface area contributed by atoms with Gasteiger partial charge in [0.2, 0.25) is 5.88 Å². The zero-order chi connectivity index (χ0) is 26.8. The van der Waals surface area contributed by atoms with Gasteiger partial charge in [-0.1, -0.05) is 19.1 Å². The van der Waals surface area contributed by atoms with Crippen molar-refractivity contribution < 1.29 is 31.1 Å². The predicted octanol–water partition coefficient (Wildman–Crippen LogP) is 5.04. The molecule has 11 heteroatoms. The number of amides is 1. The molecule has 2 aromatic heterocycles. The molecule has 0 radical (unpaired) electrons. The van der Waals surface area contributed by atoms with Gasteiger partial charge in [0.15, 0.2) is 9.84 Å². The van der Waals surface area contributed by atoms with Crippen LogP contribution in [-0.2, 0) is 23.4 Å². The van der Waals surface area contributed by atoms with Crippen LogP contribution in [0.2, 0.25) is 0 Å². The van der Waals surface area contributed by atoms with Gasteiger partial charge in [-0.05, 0) is 55.4 Å². The molecule has 1 N–H and O–H groups in total. The Kier molecular flexibility index (Phi) is 7.82. The zero-order valence-electron chi connectivity index (χ0n) is 20.7. The number of carbonyl (C=O) groups is 1. The lowest BCUT2D eigenvalue weighted by Crippen LogP contribution is -2.29. The maximum atomic E-state index is 13.0. The molecular weight excluding hydrogens is 507 g/mol. The summed E-state index contributed by atoms with van der Waals surface area (Å²) in [6.07, 6.45) is 0.209. The number of rotatable bonds is 8. The Balaban J connectivity index is 1.41. The van der Waals surface area contributed by atoms with Crippen molar-refractivity contribution in [2.24, 2.45) is 18.9 Å². The average molecular weight is 538 g/mol. The lowest BCUT2D eigenvalue weighted by atomic mass is 9.82. The predicted molar refractivity (Wildman–Crippen MR) is 133 cm³/mol. The van der Waals surface area contributed by atoms with Crippen LogP contribution in [0, 0.1) is 11.8 Å². The van der Waals surface area contributed by atoms with Crippen LogP contribution in [0.1, 0.15) is 48.5 Å². The Bertz CT molecular complexity index is 1360. The molecule has 200 valence electrons. The van der Waals surface area contributed by atoms with E-state index in [0.29, 0.717) is 35.2 Å². The molecule has 0 aliphatic heterocycles. The third kappa shape index (κ3) is 6.08. The lowest BCUT2D eigenvalue weighted by Gasteiger charge is -2.29. The van der Waals surface area contributed by atoms with E-state index in [-0.39, 0.29) is 48.5 Å². The molecule has 2 heterocycles. The molecule has 0 saturated heterocycles. The number of carbonyl (C=O) groups excluding carboxylic acids is 1. The Morgan fingerprint density at radius 1 is 1.14 bits per heavy atom. The van der Waals surface area contributed by atoms with E-state index >= 15 is 0 Å². The number of aryl methyl sites for hydroxylation is 1. The molecule has 1 aliphatic rings. The number of alkyl halides is 3.